The van der Waals surface area contributed by atoms with Crippen molar-refractivity contribution < 1.29 is 31.1 Å². The van der Waals surface area contributed by atoms with Gasteiger partial charge in [-0.15, -0.1) is 5.10 Å². The van der Waals surface area contributed by atoms with Gasteiger partial charge in [0.15, 0.2) is 9.84 Å². The number of sulfone groups is 1. The quantitative estimate of drug-likeness (QED) is 0.459. The maximum Gasteiger partial charge on any atom is 0.416 e. The molecule has 0 aliphatic carbocycles. The number of rotatable bonds is 4. The van der Waals surface area contributed by atoms with E-state index in [1.54, 1.807) is 0 Å². The minimum Gasteiger partial charge on any atom is -0.453 e. The van der Waals surface area contributed by atoms with Crippen molar-refractivity contribution in [2.45, 2.75) is 24.0 Å². The summed E-state index contributed by atoms with van der Waals surface area (Å²) < 4.78 is 71.7. The van der Waals surface area contributed by atoms with Crippen molar-refractivity contribution in [3.05, 3.63) is 82.0 Å². The fourth-order valence-electron chi connectivity index (χ4n) is 4.12. The lowest BCUT2D eigenvalue weighted by Gasteiger charge is -2.34. The standard InChI is InChI=1S/C24H18F3N7O4S/c1-13-19(29-2)20(17-9-8-14(12-28)10-18(17)39(4,36)37)34-22(30-21(32-34)31-23(35)38-3)33(13)16-7-5-6-15(11-16)24(25,26)27/h5-11,20H,1,3-4H3,(H,31,32,35)/t20-/m1/s1. The van der Waals surface area contributed by atoms with Gasteiger partial charge in [-0.25, -0.2) is 22.7 Å². The normalized spacial score (nSPS) is 15.3. The zero-order valence-electron chi connectivity index (χ0n) is 20.5. The Morgan fingerprint density at radius 3 is 2.56 bits per heavy atom. The summed E-state index contributed by atoms with van der Waals surface area (Å²) >= 11 is 0. The molecule has 4 rings (SSSR count). The first-order valence-electron chi connectivity index (χ1n) is 10.9. The molecule has 0 radical (unpaired) electrons. The summed E-state index contributed by atoms with van der Waals surface area (Å²) in [5, 5.41) is 15.8. The molecule has 0 fully saturated rings. The third kappa shape index (κ3) is 4.99. The van der Waals surface area contributed by atoms with Crippen LogP contribution in [0.2, 0.25) is 0 Å². The number of fused-ring (bicyclic) bond motifs is 1. The minimum atomic E-state index is -4.66. The number of allylic oxidation sites excluding steroid dienone is 2. The van der Waals surface area contributed by atoms with E-state index in [0.717, 1.165) is 36.2 Å². The lowest BCUT2D eigenvalue weighted by molar-refractivity contribution is -0.137. The van der Waals surface area contributed by atoms with E-state index in [4.69, 9.17) is 6.57 Å². The SMILES string of the molecule is [C-]#[N+]C1=C(C)N(c2cccc(C(F)(F)F)c2)c2nc(NC(=O)OC)nn2[C@@H]1c1ccc(C#N)cc1S(C)(=O)=O. The molecular weight excluding hydrogens is 539 g/mol. The van der Waals surface area contributed by atoms with Gasteiger partial charge in [-0.3, -0.25) is 10.2 Å². The Labute approximate surface area is 220 Å². The van der Waals surface area contributed by atoms with Crippen LogP contribution in [-0.4, -0.2) is 42.6 Å². The molecule has 200 valence electrons. The summed E-state index contributed by atoms with van der Waals surface area (Å²) in [4.78, 5) is 20.7. The van der Waals surface area contributed by atoms with Gasteiger partial charge in [0.25, 0.3) is 5.95 Å². The number of aromatic nitrogens is 3. The molecule has 1 amide bonds. The first-order chi connectivity index (χ1) is 18.3. The number of carbonyl (C=O) groups excluding carboxylic acids is 1. The second kappa shape index (κ2) is 9.77. The number of nitriles is 1. The number of anilines is 3. The molecule has 11 nitrogen and oxygen atoms in total. The van der Waals surface area contributed by atoms with Crippen LogP contribution >= 0.6 is 0 Å². The zero-order valence-corrected chi connectivity index (χ0v) is 21.3. The van der Waals surface area contributed by atoms with E-state index in [0.29, 0.717) is 0 Å². The number of methoxy groups -OCH3 is 1. The van der Waals surface area contributed by atoms with Crippen LogP contribution in [0.1, 0.15) is 29.7 Å². The molecule has 0 unspecified atom stereocenters. The topological polar surface area (TPSA) is 135 Å². The highest BCUT2D eigenvalue weighted by Gasteiger charge is 2.39. The molecular formula is C24H18F3N7O4S. The van der Waals surface area contributed by atoms with Gasteiger partial charge in [-0.1, -0.05) is 12.1 Å². The highest BCUT2D eigenvalue weighted by atomic mass is 32.2. The van der Waals surface area contributed by atoms with Crippen LogP contribution in [0, 0.1) is 17.9 Å². The monoisotopic (exact) mass is 557 g/mol. The van der Waals surface area contributed by atoms with Crippen molar-refractivity contribution in [1.82, 2.24) is 14.8 Å². The summed E-state index contributed by atoms with van der Waals surface area (Å²) in [6.07, 6.45) is -4.66. The summed E-state index contributed by atoms with van der Waals surface area (Å²) in [6.45, 7) is 9.37. The van der Waals surface area contributed by atoms with Gasteiger partial charge in [-0.2, -0.15) is 23.4 Å². The summed E-state index contributed by atoms with van der Waals surface area (Å²) in [6, 6.07) is 8.83. The second-order valence-corrected chi connectivity index (χ2v) is 10.3. The van der Waals surface area contributed by atoms with Crippen molar-refractivity contribution in [2.75, 3.05) is 23.6 Å². The number of amides is 1. The number of hydrogen-bond donors (Lipinski definition) is 1. The average Bonchev–Trinajstić information content (AvgIpc) is 3.29. The summed E-state index contributed by atoms with van der Waals surface area (Å²) in [5.41, 5.74) is -0.779. The maximum absolute atomic E-state index is 13.5. The van der Waals surface area contributed by atoms with Crippen LogP contribution in [0.5, 0.6) is 0 Å². The molecule has 0 saturated carbocycles. The Balaban J connectivity index is 2.04. The smallest absolute Gasteiger partial charge is 0.416 e. The number of nitrogens with one attached hydrogen (secondary N) is 1. The molecule has 0 bridgehead atoms. The van der Waals surface area contributed by atoms with Gasteiger partial charge in [0.1, 0.15) is 6.04 Å². The van der Waals surface area contributed by atoms with Crippen molar-refractivity contribution in [3.63, 3.8) is 0 Å². The highest BCUT2D eigenvalue weighted by Crippen LogP contribution is 2.45. The van der Waals surface area contributed by atoms with E-state index in [2.05, 4.69) is 25.0 Å². The van der Waals surface area contributed by atoms with Crippen molar-refractivity contribution >= 4 is 33.5 Å². The van der Waals surface area contributed by atoms with Gasteiger partial charge < -0.3 is 4.74 Å². The molecule has 1 N–H and O–H groups in total. The molecule has 1 aliphatic rings. The van der Waals surface area contributed by atoms with Crippen LogP contribution in [0.25, 0.3) is 4.85 Å². The highest BCUT2D eigenvalue weighted by molar-refractivity contribution is 7.90. The molecule has 1 atom stereocenters. The first kappa shape index (κ1) is 27.2. The number of halogens is 3. The Bertz CT molecular complexity index is 1720. The van der Waals surface area contributed by atoms with Gasteiger partial charge in [-0.05, 0) is 42.8 Å². The molecule has 15 heteroatoms. The fourth-order valence-corrected chi connectivity index (χ4v) is 5.07. The van der Waals surface area contributed by atoms with Gasteiger partial charge >= 0.3 is 12.3 Å². The molecule has 3 aromatic rings. The van der Waals surface area contributed by atoms with E-state index < -0.39 is 33.7 Å². The van der Waals surface area contributed by atoms with Crippen LogP contribution < -0.4 is 10.2 Å². The third-order valence-electron chi connectivity index (χ3n) is 5.81. The van der Waals surface area contributed by atoms with Crippen molar-refractivity contribution in [2.24, 2.45) is 0 Å². The lowest BCUT2D eigenvalue weighted by atomic mass is 9.99. The molecule has 39 heavy (non-hydrogen) atoms. The molecule has 0 spiro atoms. The number of ether oxygens (including phenoxy) is 1. The largest absolute Gasteiger partial charge is 0.453 e. The average molecular weight is 558 g/mol. The lowest BCUT2D eigenvalue weighted by Crippen LogP contribution is -2.31. The van der Waals surface area contributed by atoms with Crippen LogP contribution in [0.4, 0.5) is 35.5 Å². The van der Waals surface area contributed by atoms with Crippen LogP contribution in [0.15, 0.2) is 58.8 Å². The second-order valence-electron chi connectivity index (χ2n) is 8.30. The Morgan fingerprint density at radius 1 is 1.26 bits per heavy atom. The maximum atomic E-state index is 13.5. The Morgan fingerprint density at radius 2 is 1.97 bits per heavy atom. The summed E-state index contributed by atoms with van der Waals surface area (Å²) in [5.74, 6) is -0.424. The van der Waals surface area contributed by atoms with E-state index in [1.165, 1.54) is 36.1 Å². The minimum absolute atomic E-state index is 0.0108. The van der Waals surface area contributed by atoms with Gasteiger partial charge in [0.05, 0.1) is 35.8 Å². The Hall–Kier alpha value is -4.89. The van der Waals surface area contributed by atoms with E-state index >= 15 is 0 Å². The number of benzene rings is 2. The van der Waals surface area contributed by atoms with Crippen LogP contribution in [0.3, 0.4) is 0 Å². The number of hydrogen-bond acceptors (Lipinski definition) is 8. The van der Waals surface area contributed by atoms with Gasteiger partial charge in [0, 0.05) is 17.6 Å². The summed E-state index contributed by atoms with van der Waals surface area (Å²) in [7, 11) is -2.84. The van der Waals surface area contributed by atoms with E-state index in [9.17, 15) is 31.6 Å². The molecule has 2 aromatic carbocycles. The molecule has 2 heterocycles. The van der Waals surface area contributed by atoms with E-state index in [1.807, 2.05) is 6.07 Å². The fraction of sp³-hybridized carbons (Fsp3) is 0.208. The van der Waals surface area contributed by atoms with Crippen LogP contribution in [-0.2, 0) is 20.8 Å². The van der Waals surface area contributed by atoms with Crippen molar-refractivity contribution in [3.8, 4) is 6.07 Å². The predicted molar refractivity (Wildman–Crippen MR) is 131 cm³/mol. The van der Waals surface area contributed by atoms with Gasteiger partial charge in [0.2, 0.25) is 11.6 Å². The Kier molecular flexibility index (Phi) is 6.80. The molecule has 0 saturated heterocycles. The van der Waals surface area contributed by atoms with Crippen molar-refractivity contribution in [1.29, 1.82) is 5.26 Å². The number of nitrogens with zero attached hydrogens (tertiary/aromatic N) is 6. The predicted octanol–water partition coefficient (Wildman–Crippen LogP) is 4.64. The molecule has 1 aliphatic heterocycles. The molecule has 1 aromatic heterocycles. The number of carbonyl (C=O) groups is 1. The first-order valence-corrected chi connectivity index (χ1v) is 12.8. The van der Waals surface area contributed by atoms with E-state index in [-0.39, 0.29) is 45.0 Å². The third-order valence-corrected chi connectivity index (χ3v) is 6.96. The zero-order chi connectivity index (χ0) is 28.7. The number of alkyl halides is 3.